The van der Waals surface area contributed by atoms with E-state index in [0.29, 0.717) is 12.5 Å². The number of nitrogens with zero attached hydrogens (tertiary/aromatic N) is 2. The van der Waals surface area contributed by atoms with Crippen LogP contribution >= 0.6 is 24.0 Å². The summed E-state index contributed by atoms with van der Waals surface area (Å²) in [6.07, 6.45) is 3.78. The molecule has 0 bridgehead atoms. The molecule has 0 saturated carbocycles. The van der Waals surface area contributed by atoms with Gasteiger partial charge in [0.15, 0.2) is 5.96 Å². The molecule has 0 radical (unpaired) electrons. The molecule has 0 aliphatic carbocycles. The van der Waals surface area contributed by atoms with Gasteiger partial charge in [-0.25, -0.2) is 0 Å². The highest BCUT2D eigenvalue weighted by molar-refractivity contribution is 14.0. The molecule has 0 unspecified atom stereocenters. The Morgan fingerprint density at radius 1 is 1.15 bits per heavy atom. The molecule has 6 heteroatoms. The predicted molar refractivity (Wildman–Crippen MR) is 121 cm³/mol. The topological polar surface area (TPSA) is 48.9 Å². The molecule has 148 valence electrons. The monoisotopic (exact) mass is 474 g/mol. The lowest BCUT2D eigenvalue weighted by atomic mass is 9.97. The standard InChI is InChI=1S/C20H34N4O.HI/c1-3-13-24-14-10-18(11-15-24)17-23-20(21-4-2)22-12-16-25-19-8-6-5-7-9-19;/h5-9,18H,3-4,10-17H2,1-2H3,(H2,21,22,23);1H. The van der Waals surface area contributed by atoms with Gasteiger partial charge in [-0.1, -0.05) is 25.1 Å². The minimum absolute atomic E-state index is 0. The molecular formula is C20H35IN4O. The van der Waals surface area contributed by atoms with Crippen molar-refractivity contribution in [3.05, 3.63) is 30.3 Å². The third-order valence-electron chi connectivity index (χ3n) is 4.51. The van der Waals surface area contributed by atoms with Gasteiger partial charge in [-0.2, -0.15) is 0 Å². The lowest BCUT2D eigenvalue weighted by molar-refractivity contribution is 0.188. The number of halogens is 1. The normalized spacial score (nSPS) is 16.0. The fraction of sp³-hybridized carbons (Fsp3) is 0.650. The Morgan fingerprint density at radius 2 is 1.88 bits per heavy atom. The van der Waals surface area contributed by atoms with Crippen molar-refractivity contribution in [1.82, 2.24) is 15.5 Å². The molecule has 1 aliphatic rings. The summed E-state index contributed by atoms with van der Waals surface area (Å²) in [6.45, 7) is 11.2. The first-order chi connectivity index (χ1) is 12.3. The summed E-state index contributed by atoms with van der Waals surface area (Å²) in [5.74, 6) is 2.52. The molecule has 1 saturated heterocycles. The molecule has 2 rings (SSSR count). The van der Waals surface area contributed by atoms with Crippen molar-refractivity contribution in [3.63, 3.8) is 0 Å². The Morgan fingerprint density at radius 3 is 2.54 bits per heavy atom. The first-order valence-electron chi connectivity index (χ1n) is 9.74. The van der Waals surface area contributed by atoms with Gasteiger partial charge in [0.1, 0.15) is 12.4 Å². The quantitative estimate of drug-likeness (QED) is 0.250. The van der Waals surface area contributed by atoms with E-state index in [9.17, 15) is 0 Å². The van der Waals surface area contributed by atoms with Crippen molar-refractivity contribution < 1.29 is 4.74 Å². The smallest absolute Gasteiger partial charge is 0.191 e. The number of hydrogen-bond acceptors (Lipinski definition) is 3. The molecule has 0 atom stereocenters. The summed E-state index contributed by atoms with van der Waals surface area (Å²) in [4.78, 5) is 7.35. The fourth-order valence-electron chi connectivity index (χ4n) is 3.13. The Hall–Kier alpha value is -1.02. The van der Waals surface area contributed by atoms with Gasteiger partial charge in [0.25, 0.3) is 0 Å². The minimum atomic E-state index is 0. The zero-order valence-electron chi connectivity index (χ0n) is 16.2. The predicted octanol–water partition coefficient (Wildman–Crippen LogP) is 3.36. The Bertz CT molecular complexity index is 490. The van der Waals surface area contributed by atoms with Gasteiger partial charge >= 0.3 is 0 Å². The van der Waals surface area contributed by atoms with E-state index in [1.807, 2.05) is 30.3 Å². The van der Waals surface area contributed by atoms with Crippen molar-refractivity contribution in [3.8, 4) is 5.75 Å². The summed E-state index contributed by atoms with van der Waals surface area (Å²) < 4.78 is 5.71. The van der Waals surface area contributed by atoms with Crippen LogP contribution in [-0.2, 0) is 0 Å². The lowest BCUT2D eigenvalue weighted by Gasteiger charge is -2.31. The average molecular weight is 474 g/mol. The number of ether oxygens (including phenoxy) is 1. The minimum Gasteiger partial charge on any atom is -0.492 e. The lowest BCUT2D eigenvalue weighted by Crippen LogP contribution is -2.40. The molecule has 0 amide bonds. The first-order valence-corrected chi connectivity index (χ1v) is 9.74. The van der Waals surface area contributed by atoms with Crippen molar-refractivity contribution in [2.45, 2.75) is 33.1 Å². The van der Waals surface area contributed by atoms with Gasteiger partial charge in [0.05, 0.1) is 6.54 Å². The fourth-order valence-corrected chi connectivity index (χ4v) is 3.13. The summed E-state index contributed by atoms with van der Waals surface area (Å²) >= 11 is 0. The van der Waals surface area contributed by atoms with Crippen LogP contribution < -0.4 is 15.4 Å². The van der Waals surface area contributed by atoms with E-state index in [1.165, 1.54) is 38.9 Å². The Labute approximate surface area is 176 Å². The van der Waals surface area contributed by atoms with Gasteiger partial charge < -0.3 is 20.3 Å². The zero-order valence-corrected chi connectivity index (χ0v) is 18.6. The van der Waals surface area contributed by atoms with Crippen LogP contribution in [-0.4, -0.2) is 56.7 Å². The number of hydrogen-bond donors (Lipinski definition) is 2. The molecule has 0 spiro atoms. The second kappa shape index (κ2) is 14.1. The zero-order chi connectivity index (χ0) is 17.7. The summed E-state index contributed by atoms with van der Waals surface area (Å²) in [5, 5.41) is 6.69. The van der Waals surface area contributed by atoms with Gasteiger partial charge in [0, 0.05) is 13.1 Å². The number of likely N-dealkylation sites (tertiary alicyclic amines) is 1. The van der Waals surface area contributed by atoms with Crippen LogP contribution in [0.5, 0.6) is 5.75 Å². The molecule has 0 aromatic heterocycles. The number of nitrogens with one attached hydrogen (secondary N) is 2. The second-order valence-corrected chi connectivity index (χ2v) is 6.59. The van der Waals surface area contributed by atoms with Crippen LogP contribution in [0.2, 0.25) is 0 Å². The number of aliphatic imine (C=N–C) groups is 1. The largest absolute Gasteiger partial charge is 0.492 e. The molecule has 1 aliphatic heterocycles. The average Bonchev–Trinajstić information content (AvgIpc) is 2.65. The van der Waals surface area contributed by atoms with Crippen molar-refractivity contribution in [1.29, 1.82) is 0 Å². The van der Waals surface area contributed by atoms with Gasteiger partial charge in [-0.05, 0) is 63.9 Å². The molecule has 2 N–H and O–H groups in total. The van der Waals surface area contributed by atoms with E-state index in [2.05, 4.69) is 29.4 Å². The highest BCUT2D eigenvalue weighted by atomic mass is 127. The van der Waals surface area contributed by atoms with E-state index in [-0.39, 0.29) is 24.0 Å². The van der Waals surface area contributed by atoms with Crippen LogP contribution in [0.3, 0.4) is 0 Å². The molecular weight excluding hydrogens is 439 g/mol. The van der Waals surface area contributed by atoms with Crippen LogP contribution in [0.4, 0.5) is 0 Å². The third kappa shape index (κ3) is 9.07. The molecule has 5 nitrogen and oxygen atoms in total. The highest BCUT2D eigenvalue weighted by Crippen LogP contribution is 2.17. The number of benzene rings is 1. The van der Waals surface area contributed by atoms with Crippen LogP contribution in [0.1, 0.15) is 33.1 Å². The van der Waals surface area contributed by atoms with E-state index >= 15 is 0 Å². The van der Waals surface area contributed by atoms with E-state index < -0.39 is 0 Å². The molecule has 26 heavy (non-hydrogen) atoms. The molecule has 1 aromatic carbocycles. The van der Waals surface area contributed by atoms with Gasteiger partial charge in [-0.15, -0.1) is 24.0 Å². The molecule has 1 heterocycles. The van der Waals surface area contributed by atoms with Crippen molar-refractivity contribution in [2.24, 2.45) is 10.9 Å². The Balaban J connectivity index is 0.00000338. The number of guanidine groups is 1. The van der Waals surface area contributed by atoms with E-state index in [0.717, 1.165) is 31.3 Å². The summed E-state index contributed by atoms with van der Waals surface area (Å²) in [7, 11) is 0. The van der Waals surface area contributed by atoms with Gasteiger partial charge in [-0.3, -0.25) is 4.99 Å². The highest BCUT2D eigenvalue weighted by Gasteiger charge is 2.18. The summed E-state index contributed by atoms with van der Waals surface area (Å²) in [5.41, 5.74) is 0. The third-order valence-corrected chi connectivity index (χ3v) is 4.51. The van der Waals surface area contributed by atoms with Crippen LogP contribution in [0.15, 0.2) is 35.3 Å². The second-order valence-electron chi connectivity index (χ2n) is 6.59. The molecule has 1 fully saturated rings. The first kappa shape index (κ1) is 23.0. The number of rotatable bonds is 9. The Kier molecular flexibility index (Phi) is 12.5. The van der Waals surface area contributed by atoms with Gasteiger partial charge in [0.2, 0.25) is 0 Å². The van der Waals surface area contributed by atoms with Crippen molar-refractivity contribution in [2.75, 3.05) is 45.9 Å². The van der Waals surface area contributed by atoms with Crippen molar-refractivity contribution >= 4 is 29.9 Å². The SMILES string of the molecule is CCCN1CCC(CN=C(NCC)NCCOc2ccccc2)CC1.I. The maximum atomic E-state index is 5.71. The summed E-state index contributed by atoms with van der Waals surface area (Å²) in [6, 6.07) is 9.92. The molecule has 1 aromatic rings. The number of para-hydroxylation sites is 1. The maximum Gasteiger partial charge on any atom is 0.191 e. The van der Waals surface area contributed by atoms with E-state index in [4.69, 9.17) is 9.73 Å². The number of piperidine rings is 1. The van der Waals surface area contributed by atoms with Crippen LogP contribution in [0.25, 0.3) is 0 Å². The van der Waals surface area contributed by atoms with Crippen LogP contribution in [0, 0.1) is 5.92 Å². The van der Waals surface area contributed by atoms with E-state index in [1.54, 1.807) is 0 Å². The maximum absolute atomic E-state index is 5.71.